The SMILES string of the molecule is CC(CCCCCCCC#N)=NOS(=O)(=O)c1ccccc1. The first-order chi connectivity index (χ1) is 10.6. The third-order valence-electron chi connectivity index (χ3n) is 3.15. The van der Waals surface area contributed by atoms with Gasteiger partial charge in [0.2, 0.25) is 0 Å². The van der Waals surface area contributed by atoms with Crippen LogP contribution < -0.4 is 0 Å². The van der Waals surface area contributed by atoms with Gasteiger partial charge >= 0.3 is 10.1 Å². The van der Waals surface area contributed by atoms with Gasteiger partial charge in [0.25, 0.3) is 0 Å². The summed E-state index contributed by atoms with van der Waals surface area (Å²) in [4.78, 5) is 0.101. The van der Waals surface area contributed by atoms with Gasteiger partial charge in [-0.15, -0.1) is 0 Å². The van der Waals surface area contributed by atoms with E-state index < -0.39 is 10.1 Å². The molecule has 6 heteroatoms. The van der Waals surface area contributed by atoms with E-state index in [1.807, 2.05) is 0 Å². The van der Waals surface area contributed by atoms with Crippen LogP contribution in [-0.4, -0.2) is 14.1 Å². The number of nitrogens with zero attached hydrogens (tertiary/aromatic N) is 2. The second-order valence-electron chi connectivity index (χ2n) is 5.09. The van der Waals surface area contributed by atoms with Gasteiger partial charge in [0, 0.05) is 6.42 Å². The number of hydrogen-bond donors (Lipinski definition) is 0. The maximum absolute atomic E-state index is 11.9. The summed E-state index contributed by atoms with van der Waals surface area (Å²) < 4.78 is 28.4. The molecule has 0 aliphatic heterocycles. The predicted octanol–water partition coefficient (Wildman–Crippen LogP) is 4.02. The van der Waals surface area contributed by atoms with Crippen LogP contribution in [0.25, 0.3) is 0 Å². The van der Waals surface area contributed by atoms with Crippen molar-refractivity contribution in [3.63, 3.8) is 0 Å². The van der Waals surface area contributed by atoms with E-state index in [2.05, 4.69) is 11.2 Å². The lowest BCUT2D eigenvalue weighted by atomic mass is 10.1. The molecule has 1 aromatic carbocycles. The molecule has 0 atom stereocenters. The van der Waals surface area contributed by atoms with E-state index in [1.165, 1.54) is 12.1 Å². The maximum Gasteiger partial charge on any atom is 0.358 e. The van der Waals surface area contributed by atoms with Gasteiger partial charge in [-0.2, -0.15) is 13.7 Å². The molecule has 0 saturated carbocycles. The smallest absolute Gasteiger partial charge is 0.265 e. The lowest BCUT2D eigenvalue weighted by Crippen LogP contribution is -2.04. The van der Waals surface area contributed by atoms with Crippen molar-refractivity contribution in [1.29, 1.82) is 5.26 Å². The largest absolute Gasteiger partial charge is 0.358 e. The fourth-order valence-electron chi connectivity index (χ4n) is 1.90. The van der Waals surface area contributed by atoms with Gasteiger partial charge in [0.1, 0.15) is 4.90 Å². The molecule has 1 rings (SSSR count). The van der Waals surface area contributed by atoms with E-state index >= 15 is 0 Å². The molecular weight excluding hydrogens is 300 g/mol. The van der Waals surface area contributed by atoms with Gasteiger partial charge in [-0.25, -0.2) is 0 Å². The summed E-state index contributed by atoms with van der Waals surface area (Å²) in [6.45, 7) is 1.76. The van der Waals surface area contributed by atoms with Crippen molar-refractivity contribution >= 4 is 15.8 Å². The van der Waals surface area contributed by atoms with Crippen LogP contribution in [0.5, 0.6) is 0 Å². The van der Waals surface area contributed by atoms with Gasteiger partial charge in [0.15, 0.2) is 0 Å². The van der Waals surface area contributed by atoms with Crippen molar-refractivity contribution in [1.82, 2.24) is 0 Å². The van der Waals surface area contributed by atoms with Crippen molar-refractivity contribution in [3.05, 3.63) is 30.3 Å². The zero-order valence-corrected chi connectivity index (χ0v) is 13.7. The summed E-state index contributed by atoms with van der Waals surface area (Å²) in [5, 5.41) is 12.1. The number of hydrogen-bond acceptors (Lipinski definition) is 5. The van der Waals surface area contributed by atoms with E-state index in [-0.39, 0.29) is 4.90 Å². The van der Waals surface area contributed by atoms with Crippen LogP contribution in [0.15, 0.2) is 40.4 Å². The summed E-state index contributed by atoms with van der Waals surface area (Å²) in [5.41, 5.74) is 0.663. The molecule has 0 heterocycles. The Morgan fingerprint density at radius 1 is 1.14 bits per heavy atom. The predicted molar refractivity (Wildman–Crippen MR) is 85.8 cm³/mol. The molecule has 5 nitrogen and oxygen atoms in total. The fourth-order valence-corrected chi connectivity index (χ4v) is 2.71. The van der Waals surface area contributed by atoms with E-state index in [0.717, 1.165) is 32.1 Å². The minimum Gasteiger partial charge on any atom is -0.265 e. The average molecular weight is 322 g/mol. The average Bonchev–Trinajstić information content (AvgIpc) is 2.53. The summed E-state index contributed by atoms with van der Waals surface area (Å²) in [5.74, 6) is 0. The highest BCUT2D eigenvalue weighted by Gasteiger charge is 2.14. The normalized spacial score (nSPS) is 11.9. The van der Waals surface area contributed by atoms with Crippen LogP contribution in [-0.2, 0) is 14.4 Å². The monoisotopic (exact) mass is 322 g/mol. The molecule has 22 heavy (non-hydrogen) atoms. The Balaban J connectivity index is 2.30. The minimum absolute atomic E-state index is 0.101. The van der Waals surface area contributed by atoms with Gasteiger partial charge in [-0.3, -0.25) is 4.28 Å². The van der Waals surface area contributed by atoms with Crippen molar-refractivity contribution < 1.29 is 12.7 Å². The highest BCUT2D eigenvalue weighted by molar-refractivity contribution is 7.86. The number of nitriles is 1. The third-order valence-corrected chi connectivity index (χ3v) is 4.27. The topological polar surface area (TPSA) is 79.5 Å². The van der Waals surface area contributed by atoms with Crippen LogP contribution in [0.1, 0.15) is 51.9 Å². The number of unbranched alkanes of at least 4 members (excludes halogenated alkanes) is 5. The molecule has 1 aromatic rings. The molecule has 0 amide bonds. The highest BCUT2D eigenvalue weighted by atomic mass is 32.2. The van der Waals surface area contributed by atoms with Crippen LogP contribution in [0, 0.1) is 11.3 Å². The Kier molecular flexibility index (Phi) is 8.23. The van der Waals surface area contributed by atoms with Crippen LogP contribution in [0.4, 0.5) is 0 Å². The van der Waals surface area contributed by atoms with E-state index in [1.54, 1.807) is 25.1 Å². The maximum atomic E-state index is 11.9. The summed E-state index contributed by atoms with van der Waals surface area (Å²) in [6.07, 6.45) is 6.40. The molecule has 120 valence electrons. The Morgan fingerprint density at radius 2 is 1.77 bits per heavy atom. The van der Waals surface area contributed by atoms with Crippen molar-refractivity contribution in [2.75, 3.05) is 0 Å². The highest BCUT2D eigenvalue weighted by Crippen LogP contribution is 2.12. The van der Waals surface area contributed by atoms with Crippen molar-refractivity contribution in [2.24, 2.45) is 5.16 Å². The molecule has 0 spiro atoms. The molecule has 0 radical (unpaired) electrons. The molecule has 0 aliphatic carbocycles. The van der Waals surface area contributed by atoms with Crippen LogP contribution in [0.2, 0.25) is 0 Å². The Hall–Kier alpha value is -1.87. The molecule has 0 unspecified atom stereocenters. The van der Waals surface area contributed by atoms with Crippen molar-refractivity contribution in [3.8, 4) is 6.07 Å². The zero-order chi connectivity index (χ0) is 16.3. The Labute approximate surface area is 132 Å². The molecule has 0 aliphatic rings. The van der Waals surface area contributed by atoms with Gasteiger partial charge in [-0.1, -0.05) is 42.6 Å². The Bertz CT molecular complexity index is 604. The molecular formula is C16H22N2O3S. The van der Waals surface area contributed by atoms with Crippen LogP contribution >= 0.6 is 0 Å². The summed E-state index contributed by atoms with van der Waals surface area (Å²) in [6, 6.07) is 10.1. The first kappa shape index (κ1) is 18.2. The summed E-state index contributed by atoms with van der Waals surface area (Å²) >= 11 is 0. The molecule has 0 saturated heterocycles. The molecule has 0 N–H and O–H groups in total. The quantitative estimate of drug-likeness (QED) is 0.370. The molecule has 0 aromatic heterocycles. The third kappa shape index (κ3) is 7.23. The second kappa shape index (κ2) is 9.96. The second-order valence-corrected chi connectivity index (χ2v) is 6.62. The first-order valence-corrected chi connectivity index (χ1v) is 8.86. The lowest BCUT2D eigenvalue weighted by molar-refractivity contribution is 0.337. The van der Waals surface area contributed by atoms with E-state index in [0.29, 0.717) is 18.6 Å². The number of oxime groups is 1. The zero-order valence-electron chi connectivity index (χ0n) is 12.9. The summed E-state index contributed by atoms with van der Waals surface area (Å²) in [7, 11) is -3.82. The van der Waals surface area contributed by atoms with Crippen molar-refractivity contribution in [2.45, 2.75) is 56.8 Å². The van der Waals surface area contributed by atoms with Gasteiger partial charge < -0.3 is 0 Å². The lowest BCUT2D eigenvalue weighted by Gasteiger charge is -2.03. The molecule has 0 bridgehead atoms. The minimum atomic E-state index is -3.82. The standard InChI is InChI=1S/C16H22N2O3S/c1-15(11-7-4-2-3-5-10-14-17)18-21-22(19,20)16-12-8-6-9-13-16/h6,8-9,12-13H,2-5,7,10-11H2,1H3. The van der Waals surface area contributed by atoms with E-state index in [4.69, 9.17) is 9.55 Å². The van der Waals surface area contributed by atoms with Crippen LogP contribution in [0.3, 0.4) is 0 Å². The first-order valence-electron chi connectivity index (χ1n) is 7.45. The van der Waals surface area contributed by atoms with Gasteiger partial charge in [-0.05, 0) is 38.3 Å². The molecule has 0 fully saturated rings. The fraction of sp³-hybridized carbons (Fsp3) is 0.500. The Morgan fingerprint density at radius 3 is 2.45 bits per heavy atom. The number of rotatable bonds is 10. The van der Waals surface area contributed by atoms with Gasteiger partial charge in [0.05, 0.1) is 11.8 Å². The number of benzene rings is 1. The van der Waals surface area contributed by atoms with E-state index in [9.17, 15) is 8.42 Å².